The minimum atomic E-state index is -0.877. The Kier molecular flexibility index (Phi) is 4.34. The number of carboxylic acids is 1. The van der Waals surface area contributed by atoms with Crippen molar-refractivity contribution in [2.45, 2.75) is 26.2 Å². The van der Waals surface area contributed by atoms with Gasteiger partial charge in [0.15, 0.2) is 5.71 Å². The topological polar surface area (TPSA) is 88.0 Å². The molecular weight excluding hydrogens is 260 g/mol. The summed E-state index contributed by atoms with van der Waals surface area (Å²) in [5.74, 6) is -1.18. The lowest BCUT2D eigenvalue weighted by Gasteiger charge is -2.01. The molecular formula is C14H16N2O4. The van der Waals surface area contributed by atoms with Gasteiger partial charge >= 0.3 is 5.97 Å². The molecule has 1 aromatic rings. The van der Waals surface area contributed by atoms with Gasteiger partial charge in [-0.3, -0.25) is 9.59 Å². The summed E-state index contributed by atoms with van der Waals surface area (Å²) in [6, 6.07) is 5.70. The van der Waals surface area contributed by atoms with E-state index in [4.69, 9.17) is 9.94 Å². The minimum Gasteiger partial charge on any atom is -0.481 e. The summed E-state index contributed by atoms with van der Waals surface area (Å²) in [6.45, 7) is 2.21. The number of carbonyl (C=O) groups is 2. The van der Waals surface area contributed by atoms with E-state index in [1.54, 1.807) is 0 Å². The molecule has 0 saturated carbocycles. The Bertz CT molecular complexity index is 566. The van der Waals surface area contributed by atoms with E-state index >= 15 is 0 Å². The fraction of sp³-hybridized carbons (Fsp3) is 0.357. The third-order valence-electron chi connectivity index (χ3n) is 2.99. The SMILES string of the molecule is CCc1ccc2c(c1)NC(=O)C2=NOCCCC(=O)O. The van der Waals surface area contributed by atoms with E-state index in [2.05, 4.69) is 10.5 Å². The van der Waals surface area contributed by atoms with E-state index in [9.17, 15) is 9.59 Å². The maximum atomic E-state index is 11.8. The summed E-state index contributed by atoms with van der Waals surface area (Å²) in [5, 5.41) is 15.0. The lowest BCUT2D eigenvalue weighted by molar-refractivity contribution is -0.137. The average Bonchev–Trinajstić information content (AvgIpc) is 2.73. The van der Waals surface area contributed by atoms with Gasteiger partial charge in [-0.1, -0.05) is 24.2 Å². The van der Waals surface area contributed by atoms with Gasteiger partial charge in [0.2, 0.25) is 0 Å². The van der Waals surface area contributed by atoms with E-state index in [1.807, 2.05) is 25.1 Å². The normalized spacial score (nSPS) is 15.1. The van der Waals surface area contributed by atoms with Crippen LogP contribution >= 0.6 is 0 Å². The monoisotopic (exact) mass is 276 g/mol. The highest BCUT2D eigenvalue weighted by Gasteiger charge is 2.26. The fourth-order valence-electron chi connectivity index (χ4n) is 1.91. The molecule has 0 unspecified atom stereocenters. The average molecular weight is 276 g/mol. The van der Waals surface area contributed by atoms with E-state index in [0.29, 0.717) is 12.0 Å². The zero-order chi connectivity index (χ0) is 14.5. The van der Waals surface area contributed by atoms with E-state index in [1.165, 1.54) is 0 Å². The van der Waals surface area contributed by atoms with Crippen LogP contribution in [-0.4, -0.2) is 29.3 Å². The number of rotatable bonds is 6. The summed E-state index contributed by atoms with van der Waals surface area (Å²) < 4.78 is 0. The second kappa shape index (κ2) is 6.18. The van der Waals surface area contributed by atoms with Crippen molar-refractivity contribution < 1.29 is 19.5 Å². The van der Waals surface area contributed by atoms with Crippen LogP contribution in [-0.2, 0) is 20.8 Å². The van der Waals surface area contributed by atoms with Crippen LogP contribution in [0.1, 0.15) is 30.9 Å². The van der Waals surface area contributed by atoms with Crippen molar-refractivity contribution in [3.63, 3.8) is 0 Å². The molecule has 0 radical (unpaired) electrons. The number of anilines is 1. The van der Waals surface area contributed by atoms with Crippen LogP contribution in [0.5, 0.6) is 0 Å². The minimum absolute atomic E-state index is 0.0213. The van der Waals surface area contributed by atoms with Crippen LogP contribution in [0.3, 0.4) is 0 Å². The molecule has 1 aromatic carbocycles. The molecule has 0 aromatic heterocycles. The molecule has 1 aliphatic rings. The molecule has 2 rings (SSSR count). The molecule has 2 N–H and O–H groups in total. The first-order valence-corrected chi connectivity index (χ1v) is 6.48. The number of nitrogens with one attached hydrogen (secondary N) is 1. The van der Waals surface area contributed by atoms with Gasteiger partial charge in [0.25, 0.3) is 5.91 Å². The predicted octanol–water partition coefficient (Wildman–Crippen LogP) is 1.79. The van der Waals surface area contributed by atoms with E-state index < -0.39 is 5.97 Å². The lowest BCUT2D eigenvalue weighted by atomic mass is 10.1. The maximum absolute atomic E-state index is 11.8. The lowest BCUT2D eigenvalue weighted by Crippen LogP contribution is -2.15. The Morgan fingerprint density at radius 3 is 2.95 bits per heavy atom. The number of carbonyl (C=O) groups excluding carboxylic acids is 1. The Morgan fingerprint density at radius 2 is 2.25 bits per heavy atom. The number of fused-ring (bicyclic) bond motifs is 1. The third kappa shape index (κ3) is 3.14. The van der Waals surface area contributed by atoms with Gasteiger partial charge in [0.1, 0.15) is 6.61 Å². The van der Waals surface area contributed by atoms with Gasteiger partial charge in [-0.2, -0.15) is 0 Å². The fourth-order valence-corrected chi connectivity index (χ4v) is 1.91. The highest BCUT2D eigenvalue weighted by atomic mass is 16.6. The largest absolute Gasteiger partial charge is 0.481 e. The number of carboxylic acid groups (broad SMARTS) is 1. The molecule has 20 heavy (non-hydrogen) atoms. The molecule has 0 bridgehead atoms. The number of benzene rings is 1. The number of hydrogen-bond donors (Lipinski definition) is 2. The highest BCUT2D eigenvalue weighted by Crippen LogP contribution is 2.25. The Hall–Kier alpha value is -2.37. The van der Waals surface area contributed by atoms with Crippen LogP contribution in [0.2, 0.25) is 0 Å². The van der Waals surface area contributed by atoms with Crippen molar-refractivity contribution >= 4 is 23.3 Å². The summed E-state index contributed by atoms with van der Waals surface area (Å²) in [7, 11) is 0. The number of amides is 1. The number of hydrogen-bond acceptors (Lipinski definition) is 4. The zero-order valence-corrected chi connectivity index (χ0v) is 11.2. The van der Waals surface area contributed by atoms with Crippen LogP contribution in [0.25, 0.3) is 0 Å². The van der Waals surface area contributed by atoms with Gasteiger partial charge in [-0.25, -0.2) is 0 Å². The molecule has 6 nitrogen and oxygen atoms in total. The van der Waals surface area contributed by atoms with Crippen molar-refractivity contribution in [1.82, 2.24) is 0 Å². The molecule has 1 amide bonds. The molecule has 0 atom stereocenters. The first-order valence-electron chi connectivity index (χ1n) is 6.48. The first-order chi connectivity index (χ1) is 9.61. The van der Waals surface area contributed by atoms with Crippen LogP contribution < -0.4 is 5.32 Å². The second-order valence-electron chi connectivity index (χ2n) is 4.46. The van der Waals surface area contributed by atoms with Crippen molar-refractivity contribution in [3.8, 4) is 0 Å². The molecule has 1 aliphatic heterocycles. The van der Waals surface area contributed by atoms with Crippen molar-refractivity contribution in [2.75, 3.05) is 11.9 Å². The van der Waals surface area contributed by atoms with Crippen molar-refractivity contribution in [1.29, 1.82) is 0 Å². The third-order valence-corrected chi connectivity index (χ3v) is 2.99. The molecule has 0 fully saturated rings. The number of oxime groups is 1. The van der Waals surface area contributed by atoms with Gasteiger partial charge < -0.3 is 15.3 Å². The molecule has 0 spiro atoms. The van der Waals surface area contributed by atoms with Crippen molar-refractivity contribution in [3.05, 3.63) is 29.3 Å². The standard InChI is InChI=1S/C14H16N2O4/c1-2-9-5-6-10-11(8-9)15-14(19)13(10)16-20-7-3-4-12(17)18/h5-6,8H,2-4,7H2,1H3,(H,17,18)(H,15,16,19). The molecule has 0 aliphatic carbocycles. The Balaban J connectivity index is 2.03. The molecule has 6 heteroatoms. The summed E-state index contributed by atoms with van der Waals surface area (Å²) >= 11 is 0. The molecule has 1 heterocycles. The van der Waals surface area contributed by atoms with Crippen molar-refractivity contribution in [2.24, 2.45) is 5.16 Å². The second-order valence-corrected chi connectivity index (χ2v) is 4.46. The molecule has 0 saturated heterocycles. The predicted molar refractivity (Wildman–Crippen MR) is 73.8 cm³/mol. The highest BCUT2D eigenvalue weighted by molar-refractivity contribution is 6.53. The van der Waals surface area contributed by atoms with Crippen LogP contribution in [0.15, 0.2) is 23.4 Å². The zero-order valence-electron chi connectivity index (χ0n) is 11.2. The van der Waals surface area contributed by atoms with E-state index in [0.717, 1.165) is 17.7 Å². The van der Waals surface area contributed by atoms with Gasteiger partial charge in [-0.15, -0.1) is 0 Å². The van der Waals surface area contributed by atoms with Crippen LogP contribution in [0, 0.1) is 0 Å². The molecule has 106 valence electrons. The van der Waals surface area contributed by atoms with Crippen LogP contribution in [0.4, 0.5) is 5.69 Å². The first kappa shape index (κ1) is 14.0. The number of aryl methyl sites for hydroxylation is 1. The summed E-state index contributed by atoms with van der Waals surface area (Å²) in [4.78, 5) is 27.1. The number of nitrogens with zero attached hydrogens (tertiary/aromatic N) is 1. The van der Waals surface area contributed by atoms with Gasteiger partial charge in [0, 0.05) is 12.0 Å². The maximum Gasteiger partial charge on any atom is 0.303 e. The van der Waals surface area contributed by atoms with Gasteiger partial charge in [0.05, 0.1) is 5.69 Å². The van der Waals surface area contributed by atoms with E-state index in [-0.39, 0.29) is 24.6 Å². The van der Waals surface area contributed by atoms with Gasteiger partial charge in [-0.05, 0) is 24.5 Å². The quantitative estimate of drug-likeness (QED) is 0.612. The Labute approximate surface area is 116 Å². The Morgan fingerprint density at radius 1 is 1.45 bits per heavy atom. The summed E-state index contributed by atoms with van der Waals surface area (Å²) in [5.41, 5.74) is 2.82. The summed E-state index contributed by atoms with van der Waals surface area (Å²) in [6.07, 6.45) is 1.27. The smallest absolute Gasteiger partial charge is 0.303 e. The number of aliphatic carboxylic acids is 1.